The summed E-state index contributed by atoms with van der Waals surface area (Å²) < 4.78 is 67.5. The van der Waals surface area contributed by atoms with Crippen molar-refractivity contribution >= 4 is 23.8 Å². The summed E-state index contributed by atoms with van der Waals surface area (Å²) in [7, 11) is 1.23. The van der Waals surface area contributed by atoms with Crippen molar-refractivity contribution in [2.24, 2.45) is 0 Å². The predicted octanol–water partition coefficient (Wildman–Crippen LogP) is 0.0756. The van der Waals surface area contributed by atoms with Crippen LogP contribution < -0.4 is 15.9 Å². The molecule has 0 aliphatic heterocycles. The molecule has 1 aromatic rings. The van der Waals surface area contributed by atoms with Gasteiger partial charge in [0.15, 0.2) is 0 Å². The Morgan fingerprint density at radius 1 is 0.868 bits per heavy atom. The van der Waals surface area contributed by atoms with Crippen LogP contribution in [0.4, 0.5) is 26.3 Å². The van der Waals surface area contributed by atoms with E-state index in [1.165, 1.54) is 18.2 Å². The van der Waals surface area contributed by atoms with Gasteiger partial charge in [-0.3, -0.25) is 10.0 Å². The van der Waals surface area contributed by atoms with Gasteiger partial charge < -0.3 is 30.3 Å². The van der Waals surface area contributed by atoms with E-state index in [0.29, 0.717) is 5.06 Å². The van der Waals surface area contributed by atoms with E-state index in [-0.39, 0.29) is 6.54 Å². The third-order valence-corrected chi connectivity index (χ3v) is 4.18. The van der Waals surface area contributed by atoms with Crippen molar-refractivity contribution in [2.75, 3.05) is 13.7 Å². The molecule has 0 bridgehead atoms. The van der Waals surface area contributed by atoms with Gasteiger partial charge in [0.1, 0.15) is 11.9 Å². The smallest absolute Gasteiger partial charge is 0.430 e. The van der Waals surface area contributed by atoms with Gasteiger partial charge in [-0.05, 0) is 24.8 Å². The number of hydrogen-bond donors (Lipinski definition) is 2. The maximum Gasteiger partial charge on any atom is 0.430 e. The molecular weight excluding hydrogens is 534 g/mol. The average molecular weight is 561 g/mol. The summed E-state index contributed by atoms with van der Waals surface area (Å²) in [4.78, 5) is 39.9. The van der Waals surface area contributed by atoms with Crippen molar-refractivity contribution in [1.29, 1.82) is 0 Å². The van der Waals surface area contributed by atoms with E-state index in [0.717, 1.165) is 50.8 Å². The molecule has 0 atom stereocenters. The first-order valence-electron chi connectivity index (χ1n) is 10.7. The Morgan fingerprint density at radius 2 is 1.29 bits per heavy atom. The standard InChI is InChI=1S/C18H26N2O4.2C2HF3O2/c1-24-18(22)12-11-17(21)20(23)13-5-3-2-4-6-15-7-9-16(14-19)10-8-15;2*3-2(4,5)1(6)7/h7-12,23H,2-6,13-14,19H2,1H3;2*(H,6,7)/p-1/b12-11+;;. The minimum Gasteiger partial charge on any atom is -0.542 e. The number of aliphatic carboxylic acids is 2. The molecule has 1 rings (SSSR count). The molecule has 0 radical (unpaired) electrons. The van der Waals surface area contributed by atoms with Crippen LogP contribution in [0.1, 0.15) is 36.8 Å². The quantitative estimate of drug-likeness (QED) is 0.101. The van der Waals surface area contributed by atoms with E-state index >= 15 is 0 Å². The number of hydroxylamine groups is 2. The van der Waals surface area contributed by atoms with Gasteiger partial charge in [0.25, 0.3) is 5.91 Å². The SMILES string of the molecule is COC(=O)/C=C/C(=O)N(O)CCCCCCc1ccc(C[NH3+])cc1.O=C([O-])C(F)(F)F.O=C([O-])C(F)(F)F. The second-order valence-corrected chi connectivity index (χ2v) is 7.12. The summed E-state index contributed by atoms with van der Waals surface area (Å²) in [5.74, 6) is -7.26. The number of ether oxygens (including phenoxy) is 1. The second kappa shape index (κ2) is 18.6. The fourth-order valence-electron chi connectivity index (χ4n) is 2.22. The molecule has 0 spiro atoms. The van der Waals surface area contributed by atoms with Gasteiger partial charge >= 0.3 is 18.3 Å². The molecule has 0 saturated heterocycles. The highest BCUT2D eigenvalue weighted by molar-refractivity contribution is 5.93. The van der Waals surface area contributed by atoms with Gasteiger partial charge in [-0.1, -0.05) is 37.1 Å². The third-order valence-electron chi connectivity index (χ3n) is 4.18. The number of carboxylic acid groups (broad SMARTS) is 2. The van der Waals surface area contributed by atoms with Gasteiger partial charge in [0.2, 0.25) is 0 Å². The molecule has 0 aliphatic rings. The van der Waals surface area contributed by atoms with E-state index in [9.17, 15) is 41.1 Å². The Labute approximate surface area is 213 Å². The molecule has 0 aliphatic carbocycles. The number of halogens is 6. The van der Waals surface area contributed by atoms with E-state index in [1.54, 1.807) is 0 Å². The largest absolute Gasteiger partial charge is 0.542 e. The lowest BCUT2D eigenvalue weighted by atomic mass is 10.0. The van der Waals surface area contributed by atoms with Gasteiger partial charge in [0.05, 0.1) is 13.7 Å². The number of benzene rings is 1. The molecule has 0 heterocycles. The van der Waals surface area contributed by atoms with Crippen LogP contribution >= 0.6 is 0 Å². The number of rotatable bonds is 10. The zero-order valence-electron chi connectivity index (χ0n) is 20.1. The lowest BCUT2D eigenvalue weighted by Crippen LogP contribution is -2.47. The van der Waals surface area contributed by atoms with E-state index in [2.05, 4.69) is 34.7 Å². The third kappa shape index (κ3) is 19.5. The van der Waals surface area contributed by atoms with Crippen molar-refractivity contribution < 1.29 is 71.4 Å². The summed E-state index contributed by atoms with van der Waals surface area (Å²) in [6.07, 6.45) is -3.60. The maximum absolute atomic E-state index is 11.5. The number of alkyl halides is 6. The van der Waals surface area contributed by atoms with Gasteiger partial charge in [-0.2, -0.15) is 26.3 Å². The molecule has 10 nitrogen and oxygen atoms in total. The normalized spacial score (nSPS) is 11.0. The zero-order valence-corrected chi connectivity index (χ0v) is 20.1. The summed E-state index contributed by atoms with van der Waals surface area (Å²) in [5.41, 5.74) is 6.42. The summed E-state index contributed by atoms with van der Waals surface area (Å²) >= 11 is 0. The Bertz CT molecular complexity index is 879. The molecule has 0 saturated carbocycles. The number of esters is 1. The fourth-order valence-corrected chi connectivity index (χ4v) is 2.22. The number of hydrogen-bond acceptors (Lipinski definition) is 8. The van der Waals surface area contributed by atoms with E-state index in [1.807, 2.05) is 0 Å². The van der Waals surface area contributed by atoms with Crippen molar-refractivity contribution in [1.82, 2.24) is 5.06 Å². The van der Waals surface area contributed by atoms with E-state index < -0.39 is 36.2 Å². The minimum atomic E-state index is -5.19. The molecule has 0 aromatic heterocycles. The Hall–Kier alpha value is -3.66. The highest BCUT2D eigenvalue weighted by Gasteiger charge is 2.29. The topological polar surface area (TPSA) is 175 Å². The lowest BCUT2D eigenvalue weighted by Gasteiger charge is -2.12. The predicted molar refractivity (Wildman–Crippen MR) is 112 cm³/mol. The summed E-state index contributed by atoms with van der Waals surface area (Å²) in [6, 6.07) is 8.50. The van der Waals surface area contributed by atoms with Crippen molar-refractivity contribution in [3.05, 3.63) is 47.5 Å². The first-order valence-corrected chi connectivity index (χ1v) is 10.7. The molecule has 16 heteroatoms. The number of amides is 1. The molecule has 0 fully saturated rings. The van der Waals surface area contributed by atoms with Crippen LogP contribution in [-0.4, -0.2) is 60.1 Å². The Balaban J connectivity index is 0. The van der Waals surface area contributed by atoms with Crippen LogP contribution in [-0.2, 0) is 36.9 Å². The molecule has 0 unspecified atom stereocenters. The lowest BCUT2D eigenvalue weighted by molar-refractivity contribution is -0.386. The van der Waals surface area contributed by atoms with Crippen LogP contribution in [0, 0.1) is 0 Å². The van der Waals surface area contributed by atoms with Gasteiger partial charge in [-0.15, -0.1) is 0 Å². The molecule has 1 amide bonds. The number of unbranched alkanes of at least 4 members (excludes halogenated alkanes) is 3. The summed E-state index contributed by atoms with van der Waals surface area (Å²) in [5, 5.41) is 27.8. The van der Waals surface area contributed by atoms with Crippen LogP contribution in [0.5, 0.6) is 0 Å². The zero-order chi connectivity index (χ0) is 29.9. The number of carboxylic acids is 2. The molecule has 1 aromatic carbocycles. The Morgan fingerprint density at radius 3 is 1.68 bits per heavy atom. The van der Waals surface area contributed by atoms with Crippen molar-refractivity contribution in [2.45, 2.75) is 51.0 Å². The van der Waals surface area contributed by atoms with Crippen molar-refractivity contribution in [3.63, 3.8) is 0 Å². The van der Waals surface area contributed by atoms with Crippen LogP contribution in [0.2, 0.25) is 0 Å². The number of quaternary nitrogens is 1. The fraction of sp³-hybridized carbons (Fsp3) is 0.455. The highest BCUT2D eigenvalue weighted by Crippen LogP contribution is 2.12. The Kier molecular flexibility index (Phi) is 17.8. The van der Waals surface area contributed by atoms with Crippen LogP contribution in [0.3, 0.4) is 0 Å². The molecular formula is C22H27F6N2O8-. The number of methoxy groups -OCH3 is 1. The van der Waals surface area contributed by atoms with Gasteiger partial charge in [-0.25, -0.2) is 9.86 Å². The first-order chi connectivity index (χ1) is 17.4. The van der Waals surface area contributed by atoms with Gasteiger partial charge in [0, 0.05) is 24.3 Å². The minimum absolute atomic E-state index is 0.253. The molecule has 4 N–H and O–H groups in total. The number of aryl methyl sites for hydroxylation is 1. The van der Waals surface area contributed by atoms with Crippen LogP contribution in [0.15, 0.2) is 36.4 Å². The summed E-state index contributed by atoms with van der Waals surface area (Å²) in [6.45, 7) is 1.06. The highest BCUT2D eigenvalue weighted by atomic mass is 19.4. The number of carbonyl (C=O) groups excluding carboxylic acids is 4. The number of carbonyl (C=O) groups is 4. The molecule has 216 valence electrons. The maximum atomic E-state index is 11.5. The van der Waals surface area contributed by atoms with E-state index in [4.69, 9.17) is 19.8 Å². The number of nitrogens with zero attached hydrogens (tertiary/aromatic N) is 1. The molecule has 38 heavy (non-hydrogen) atoms. The van der Waals surface area contributed by atoms with Crippen LogP contribution in [0.25, 0.3) is 0 Å². The monoisotopic (exact) mass is 561 g/mol. The second-order valence-electron chi connectivity index (χ2n) is 7.12. The van der Waals surface area contributed by atoms with Crippen molar-refractivity contribution in [3.8, 4) is 0 Å². The average Bonchev–Trinajstić information content (AvgIpc) is 2.84. The first kappa shape index (κ1) is 36.5.